The Morgan fingerprint density at radius 1 is 1.28 bits per heavy atom. The van der Waals surface area contributed by atoms with Gasteiger partial charge in [-0.05, 0) is 45.1 Å². The molecule has 3 rings (SSSR count). The molecule has 0 aromatic carbocycles. The number of rotatable bonds is 8. The van der Waals surface area contributed by atoms with Crippen LogP contribution < -0.4 is 5.32 Å². The second-order valence-electron chi connectivity index (χ2n) is 6.66. The minimum atomic E-state index is 0.403. The largest absolute Gasteiger partial charge is 0.381 e. The van der Waals surface area contributed by atoms with Crippen molar-refractivity contribution in [3.05, 3.63) is 0 Å². The molecule has 3 nitrogen and oxygen atoms in total. The van der Waals surface area contributed by atoms with Crippen LogP contribution in [0.1, 0.15) is 45.4 Å². The lowest BCUT2D eigenvalue weighted by Crippen LogP contribution is -2.46. The zero-order valence-electron chi connectivity index (χ0n) is 11.8. The molecular formula is C15H28N2O. The molecule has 0 spiro atoms. The molecule has 2 saturated carbocycles. The molecule has 1 atom stereocenters. The van der Waals surface area contributed by atoms with Gasteiger partial charge in [-0.15, -0.1) is 0 Å². The van der Waals surface area contributed by atoms with E-state index in [2.05, 4.69) is 17.1 Å². The van der Waals surface area contributed by atoms with Crippen molar-refractivity contribution in [1.29, 1.82) is 0 Å². The Kier molecular flexibility index (Phi) is 3.92. The molecule has 0 aromatic heterocycles. The summed E-state index contributed by atoms with van der Waals surface area (Å²) in [6.45, 7) is 7.94. The third-order valence-electron chi connectivity index (χ3n) is 4.64. The molecule has 0 radical (unpaired) electrons. The van der Waals surface area contributed by atoms with Crippen LogP contribution in [0.2, 0.25) is 0 Å². The van der Waals surface area contributed by atoms with Crippen LogP contribution in [0, 0.1) is 5.41 Å². The van der Waals surface area contributed by atoms with Crippen LogP contribution in [0.15, 0.2) is 0 Å². The van der Waals surface area contributed by atoms with Crippen molar-refractivity contribution in [2.24, 2.45) is 5.41 Å². The fourth-order valence-corrected chi connectivity index (χ4v) is 3.17. The van der Waals surface area contributed by atoms with Crippen molar-refractivity contribution in [3.63, 3.8) is 0 Å². The number of hydrogen-bond acceptors (Lipinski definition) is 3. The lowest BCUT2D eigenvalue weighted by atomic mass is 9.86. The highest BCUT2D eigenvalue weighted by Crippen LogP contribution is 2.35. The van der Waals surface area contributed by atoms with Crippen LogP contribution in [-0.4, -0.2) is 49.8 Å². The van der Waals surface area contributed by atoms with Crippen molar-refractivity contribution < 1.29 is 4.74 Å². The van der Waals surface area contributed by atoms with Crippen molar-refractivity contribution in [2.75, 3.05) is 32.8 Å². The maximum atomic E-state index is 5.73. The maximum Gasteiger partial charge on any atom is 0.0547 e. The minimum Gasteiger partial charge on any atom is -0.381 e. The summed E-state index contributed by atoms with van der Waals surface area (Å²) in [5.74, 6) is 0. The lowest BCUT2D eigenvalue weighted by Gasteiger charge is -2.34. The van der Waals surface area contributed by atoms with Crippen LogP contribution in [0.5, 0.6) is 0 Å². The topological polar surface area (TPSA) is 24.5 Å². The monoisotopic (exact) mass is 252 g/mol. The van der Waals surface area contributed by atoms with E-state index in [1.54, 1.807) is 0 Å². The zero-order chi connectivity index (χ0) is 12.4. The van der Waals surface area contributed by atoms with Gasteiger partial charge in [-0.2, -0.15) is 0 Å². The predicted octanol–water partition coefficient (Wildman–Crippen LogP) is 2.02. The molecule has 0 amide bonds. The lowest BCUT2D eigenvalue weighted by molar-refractivity contribution is 0.104. The van der Waals surface area contributed by atoms with Gasteiger partial charge in [-0.1, -0.05) is 6.92 Å². The molecule has 1 saturated heterocycles. The van der Waals surface area contributed by atoms with E-state index in [4.69, 9.17) is 4.74 Å². The second-order valence-corrected chi connectivity index (χ2v) is 6.66. The summed E-state index contributed by atoms with van der Waals surface area (Å²) in [5.41, 5.74) is 0.403. The van der Waals surface area contributed by atoms with Gasteiger partial charge in [-0.25, -0.2) is 0 Å². The van der Waals surface area contributed by atoms with E-state index in [-0.39, 0.29) is 0 Å². The van der Waals surface area contributed by atoms with Crippen molar-refractivity contribution in [2.45, 2.75) is 57.5 Å². The fraction of sp³-hybridized carbons (Fsp3) is 1.00. The Hall–Kier alpha value is -0.120. The number of ether oxygens (including phenoxy) is 1. The Bertz CT molecular complexity index is 268. The SMILES string of the molecule is CCCN(CC1(CNC2CC2)CCOC1)C1CC1. The first-order valence-electron chi connectivity index (χ1n) is 7.86. The third kappa shape index (κ3) is 3.25. The van der Waals surface area contributed by atoms with E-state index >= 15 is 0 Å². The molecule has 3 fully saturated rings. The third-order valence-corrected chi connectivity index (χ3v) is 4.64. The van der Waals surface area contributed by atoms with Gasteiger partial charge in [0.15, 0.2) is 0 Å². The van der Waals surface area contributed by atoms with Gasteiger partial charge in [0, 0.05) is 37.2 Å². The van der Waals surface area contributed by atoms with Crippen LogP contribution in [-0.2, 0) is 4.74 Å². The quantitative estimate of drug-likeness (QED) is 0.715. The summed E-state index contributed by atoms with van der Waals surface area (Å²) in [6.07, 6.45) is 8.15. The van der Waals surface area contributed by atoms with Gasteiger partial charge in [-0.3, -0.25) is 4.90 Å². The molecule has 1 N–H and O–H groups in total. The highest BCUT2D eigenvalue weighted by atomic mass is 16.5. The van der Waals surface area contributed by atoms with Gasteiger partial charge in [0.05, 0.1) is 6.61 Å². The van der Waals surface area contributed by atoms with E-state index in [1.165, 1.54) is 58.2 Å². The van der Waals surface area contributed by atoms with E-state index in [9.17, 15) is 0 Å². The average Bonchev–Trinajstić information content (AvgIpc) is 3.27. The van der Waals surface area contributed by atoms with Gasteiger partial charge in [0.1, 0.15) is 0 Å². The molecule has 0 aromatic rings. The van der Waals surface area contributed by atoms with E-state index in [0.717, 1.165) is 25.3 Å². The first-order chi connectivity index (χ1) is 8.81. The van der Waals surface area contributed by atoms with Gasteiger partial charge in [0.2, 0.25) is 0 Å². The highest BCUT2D eigenvalue weighted by molar-refractivity contribution is 4.95. The molecule has 1 unspecified atom stereocenters. The Morgan fingerprint density at radius 2 is 2.11 bits per heavy atom. The van der Waals surface area contributed by atoms with Crippen molar-refractivity contribution >= 4 is 0 Å². The predicted molar refractivity (Wildman–Crippen MR) is 73.8 cm³/mol. The minimum absolute atomic E-state index is 0.403. The first-order valence-corrected chi connectivity index (χ1v) is 7.86. The Morgan fingerprint density at radius 3 is 2.67 bits per heavy atom. The van der Waals surface area contributed by atoms with E-state index in [0.29, 0.717) is 5.41 Å². The molecule has 18 heavy (non-hydrogen) atoms. The molecule has 3 aliphatic rings. The number of nitrogens with one attached hydrogen (secondary N) is 1. The summed E-state index contributed by atoms with van der Waals surface area (Å²) < 4.78 is 5.73. The molecule has 1 aliphatic heterocycles. The molecule has 2 aliphatic carbocycles. The molecule has 3 heteroatoms. The fourth-order valence-electron chi connectivity index (χ4n) is 3.17. The first kappa shape index (κ1) is 12.9. The van der Waals surface area contributed by atoms with Crippen LogP contribution in [0.25, 0.3) is 0 Å². The Labute approximate surface area is 111 Å². The van der Waals surface area contributed by atoms with Crippen molar-refractivity contribution in [3.8, 4) is 0 Å². The zero-order valence-corrected chi connectivity index (χ0v) is 11.8. The molecule has 1 heterocycles. The highest BCUT2D eigenvalue weighted by Gasteiger charge is 2.40. The second kappa shape index (κ2) is 5.48. The van der Waals surface area contributed by atoms with Gasteiger partial charge < -0.3 is 10.1 Å². The summed E-state index contributed by atoms with van der Waals surface area (Å²) in [5, 5.41) is 3.74. The van der Waals surface area contributed by atoms with Crippen LogP contribution in [0.4, 0.5) is 0 Å². The maximum absolute atomic E-state index is 5.73. The number of nitrogens with zero attached hydrogens (tertiary/aromatic N) is 1. The van der Waals surface area contributed by atoms with Crippen LogP contribution >= 0.6 is 0 Å². The average molecular weight is 252 g/mol. The molecule has 104 valence electrons. The number of hydrogen-bond donors (Lipinski definition) is 1. The summed E-state index contributed by atoms with van der Waals surface area (Å²) >= 11 is 0. The summed E-state index contributed by atoms with van der Waals surface area (Å²) in [6, 6.07) is 1.71. The van der Waals surface area contributed by atoms with E-state index < -0.39 is 0 Å². The summed E-state index contributed by atoms with van der Waals surface area (Å²) in [7, 11) is 0. The van der Waals surface area contributed by atoms with E-state index in [1.807, 2.05) is 0 Å². The van der Waals surface area contributed by atoms with Crippen molar-refractivity contribution in [1.82, 2.24) is 10.2 Å². The Balaban J connectivity index is 1.56. The normalized spacial score (nSPS) is 32.3. The molecular weight excluding hydrogens is 224 g/mol. The smallest absolute Gasteiger partial charge is 0.0547 e. The summed E-state index contributed by atoms with van der Waals surface area (Å²) in [4.78, 5) is 2.74. The van der Waals surface area contributed by atoms with Crippen LogP contribution in [0.3, 0.4) is 0 Å². The standard InChI is InChI=1S/C15H28N2O/c1-2-8-17(14-5-6-14)11-15(7-9-18-12-15)10-16-13-3-4-13/h13-14,16H,2-12H2,1H3. The molecule has 0 bridgehead atoms. The van der Waals surface area contributed by atoms with Gasteiger partial charge >= 0.3 is 0 Å². The van der Waals surface area contributed by atoms with Gasteiger partial charge in [0.25, 0.3) is 0 Å².